The van der Waals surface area contributed by atoms with Gasteiger partial charge < -0.3 is 9.80 Å². The van der Waals surface area contributed by atoms with E-state index in [1.54, 1.807) is 13.1 Å². The van der Waals surface area contributed by atoms with Crippen molar-refractivity contribution in [3.63, 3.8) is 0 Å². The predicted octanol–water partition coefficient (Wildman–Crippen LogP) is 1.75. The van der Waals surface area contributed by atoms with Crippen LogP contribution in [-0.4, -0.2) is 47.2 Å². The molecule has 1 aromatic heterocycles. The van der Waals surface area contributed by atoms with E-state index in [0.29, 0.717) is 0 Å². The Kier molecular flexibility index (Phi) is 3.41. The number of H-pyrrole nitrogens is 1. The third-order valence-corrected chi connectivity index (χ3v) is 3.77. The van der Waals surface area contributed by atoms with Crippen molar-refractivity contribution in [1.29, 1.82) is 0 Å². The molecule has 3 rings (SSSR count). The highest BCUT2D eigenvalue weighted by atomic mass is 16.2. The number of aromatic nitrogens is 2. The van der Waals surface area contributed by atoms with Gasteiger partial charge in [-0.05, 0) is 23.8 Å². The molecular weight excluding hydrogens is 252 g/mol. The molecule has 2 aromatic rings. The van der Waals surface area contributed by atoms with E-state index >= 15 is 0 Å². The number of benzene rings is 1. The molecule has 1 fully saturated rings. The van der Waals surface area contributed by atoms with Crippen LogP contribution in [0.5, 0.6) is 0 Å². The van der Waals surface area contributed by atoms with Crippen LogP contribution >= 0.6 is 0 Å². The van der Waals surface area contributed by atoms with Crippen LogP contribution in [0.3, 0.4) is 0 Å². The number of hydrogen-bond donors (Lipinski definition) is 1. The molecule has 5 nitrogen and oxygen atoms in total. The van der Waals surface area contributed by atoms with E-state index < -0.39 is 0 Å². The van der Waals surface area contributed by atoms with Crippen LogP contribution in [0.4, 0.5) is 5.69 Å². The van der Waals surface area contributed by atoms with Crippen molar-refractivity contribution in [3.8, 4) is 11.3 Å². The number of carbonyl (C=O) groups excluding carboxylic acids is 1. The second kappa shape index (κ2) is 5.36. The van der Waals surface area contributed by atoms with Gasteiger partial charge in [0.05, 0.1) is 5.69 Å². The molecule has 1 N–H and O–H groups in total. The van der Waals surface area contributed by atoms with Crippen LogP contribution in [0.25, 0.3) is 11.3 Å². The number of carbonyl (C=O) groups is 1. The molecule has 0 unspecified atom stereocenters. The van der Waals surface area contributed by atoms with Crippen LogP contribution in [-0.2, 0) is 4.79 Å². The molecular formula is C15H18N4O. The lowest BCUT2D eigenvalue weighted by Gasteiger charge is -2.35. The predicted molar refractivity (Wildman–Crippen MR) is 78.5 cm³/mol. The Hall–Kier alpha value is -2.30. The molecule has 1 saturated heterocycles. The van der Waals surface area contributed by atoms with Crippen molar-refractivity contribution in [1.82, 2.24) is 15.1 Å². The third-order valence-electron chi connectivity index (χ3n) is 3.77. The molecule has 1 aliphatic heterocycles. The minimum Gasteiger partial charge on any atom is -0.368 e. The van der Waals surface area contributed by atoms with Crippen molar-refractivity contribution >= 4 is 11.6 Å². The summed E-state index contributed by atoms with van der Waals surface area (Å²) in [6.45, 7) is 5.02. The summed E-state index contributed by atoms with van der Waals surface area (Å²) in [4.78, 5) is 15.5. The van der Waals surface area contributed by atoms with Gasteiger partial charge in [-0.3, -0.25) is 9.89 Å². The normalized spacial score (nSPS) is 15.4. The molecule has 0 atom stereocenters. The summed E-state index contributed by atoms with van der Waals surface area (Å²) < 4.78 is 0. The van der Waals surface area contributed by atoms with E-state index in [1.165, 1.54) is 5.69 Å². The fourth-order valence-corrected chi connectivity index (χ4v) is 2.55. The monoisotopic (exact) mass is 270 g/mol. The summed E-state index contributed by atoms with van der Waals surface area (Å²) in [5.74, 6) is 0.166. The average Bonchev–Trinajstić information content (AvgIpc) is 3.02. The fraction of sp³-hybridized carbons (Fsp3) is 0.333. The molecule has 104 valence electrons. The first-order chi connectivity index (χ1) is 9.74. The summed E-state index contributed by atoms with van der Waals surface area (Å²) in [5.41, 5.74) is 3.36. The van der Waals surface area contributed by atoms with Crippen molar-refractivity contribution in [2.24, 2.45) is 0 Å². The minimum atomic E-state index is 0.166. The number of hydrogen-bond acceptors (Lipinski definition) is 3. The topological polar surface area (TPSA) is 52.2 Å². The van der Waals surface area contributed by atoms with Gasteiger partial charge in [-0.25, -0.2) is 0 Å². The van der Waals surface area contributed by atoms with Gasteiger partial charge in [0, 0.05) is 45.0 Å². The Balaban J connectivity index is 1.68. The van der Waals surface area contributed by atoms with Crippen molar-refractivity contribution in [2.45, 2.75) is 6.92 Å². The SMILES string of the molecule is CC(=O)N1CCN(c2ccc(-c3ccn[nH]3)cc2)CC1. The first-order valence-corrected chi connectivity index (χ1v) is 6.84. The van der Waals surface area contributed by atoms with Crippen LogP contribution in [0.2, 0.25) is 0 Å². The summed E-state index contributed by atoms with van der Waals surface area (Å²) in [7, 11) is 0. The van der Waals surface area contributed by atoms with Gasteiger partial charge in [-0.1, -0.05) is 12.1 Å². The summed E-state index contributed by atoms with van der Waals surface area (Å²) in [6, 6.07) is 10.4. The lowest BCUT2D eigenvalue weighted by atomic mass is 10.1. The summed E-state index contributed by atoms with van der Waals surface area (Å²) in [6.07, 6.45) is 1.75. The largest absolute Gasteiger partial charge is 0.368 e. The zero-order valence-corrected chi connectivity index (χ0v) is 11.5. The molecule has 20 heavy (non-hydrogen) atoms. The highest BCUT2D eigenvalue weighted by Crippen LogP contribution is 2.22. The third kappa shape index (κ3) is 2.52. The van der Waals surface area contributed by atoms with E-state index in [0.717, 1.165) is 37.4 Å². The molecule has 2 heterocycles. The molecule has 5 heteroatoms. The van der Waals surface area contributed by atoms with Crippen molar-refractivity contribution in [2.75, 3.05) is 31.1 Å². The number of rotatable bonds is 2. The second-order valence-corrected chi connectivity index (χ2v) is 5.01. The summed E-state index contributed by atoms with van der Waals surface area (Å²) in [5, 5.41) is 6.93. The standard InChI is InChI=1S/C15H18N4O/c1-12(20)18-8-10-19(11-9-18)14-4-2-13(3-5-14)15-6-7-16-17-15/h2-7H,8-11H2,1H3,(H,16,17). The highest BCUT2D eigenvalue weighted by molar-refractivity contribution is 5.73. The minimum absolute atomic E-state index is 0.166. The molecule has 0 aliphatic carbocycles. The first kappa shape index (κ1) is 12.7. The first-order valence-electron chi connectivity index (χ1n) is 6.84. The van der Waals surface area contributed by atoms with Gasteiger partial charge in [0.1, 0.15) is 0 Å². The second-order valence-electron chi connectivity index (χ2n) is 5.01. The van der Waals surface area contributed by atoms with Crippen LogP contribution < -0.4 is 4.90 Å². The van der Waals surface area contributed by atoms with E-state index in [-0.39, 0.29) is 5.91 Å². The molecule has 1 amide bonds. The zero-order valence-electron chi connectivity index (χ0n) is 11.5. The number of nitrogens with one attached hydrogen (secondary N) is 1. The molecule has 1 aliphatic rings. The van der Waals surface area contributed by atoms with Crippen molar-refractivity contribution in [3.05, 3.63) is 36.5 Å². The Labute approximate surface area is 118 Å². The van der Waals surface area contributed by atoms with Gasteiger partial charge in [0.2, 0.25) is 5.91 Å². The van der Waals surface area contributed by atoms with E-state index in [1.807, 2.05) is 11.0 Å². The quantitative estimate of drug-likeness (QED) is 0.904. The van der Waals surface area contributed by atoms with Gasteiger partial charge in [0.25, 0.3) is 0 Å². The van der Waals surface area contributed by atoms with Gasteiger partial charge in [-0.2, -0.15) is 5.10 Å². The zero-order chi connectivity index (χ0) is 13.9. The van der Waals surface area contributed by atoms with Crippen LogP contribution in [0.1, 0.15) is 6.92 Å². The molecule has 0 spiro atoms. The Bertz CT molecular complexity index is 568. The highest BCUT2D eigenvalue weighted by Gasteiger charge is 2.18. The van der Waals surface area contributed by atoms with Crippen LogP contribution in [0, 0.1) is 0 Å². The van der Waals surface area contributed by atoms with E-state index in [2.05, 4.69) is 39.4 Å². The van der Waals surface area contributed by atoms with Gasteiger partial charge in [-0.15, -0.1) is 0 Å². The van der Waals surface area contributed by atoms with Gasteiger partial charge in [0.15, 0.2) is 0 Å². The Morgan fingerprint density at radius 2 is 1.80 bits per heavy atom. The molecule has 0 radical (unpaired) electrons. The number of piperazine rings is 1. The Morgan fingerprint density at radius 1 is 1.10 bits per heavy atom. The van der Waals surface area contributed by atoms with E-state index in [4.69, 9.17) is 0 Å². The summed E-state index contributed by atoms with van der Waals surface area (Å²) >= 11 is 0. The lowest BCUT2D eigenvalue weighted by molar-refractivity contribution is -0.129. The maximum atomic E-state index is 11.3. The Morgan fingerprint density at radius 3 is 2.35 bits per heavy atom. The number of nitrogens with zero attached hydrogens (tertiary/aromatic N) is 3. The van der Waals surface area contributed by atoms with Crippen molar-refractivity contribution < 1.29 is 4.79 Å². The van der Waals surface area contributed by atoms with Gasteiger partial charge >= 0.3 is 0 Å². The average molecular weight is 270 g/mol. The maximum absolute atomic E-state index is 11.3. The molecule has 0 bridgehead atoms. The number of amides is 1. The number of aromatic amines is 1. The number of anilines is 1. The fourth-order valence-electron chi connectivity index (χ4n) is 2.55. The lowest BCUT2D eigenvalue weighted by Crippen LogP contribution is -2.48. The molecule has 1 aromatic carbocycles. The van der Waals surface area contributed by atoms with E-state index in [9.17, 15) is 4.79 Å². The van der Waals surface area contributed by atoms with Crippen LogP contribution in [0.15, 0.2) is 36.5 Å². The maximum Gasteiger partial charge on any atom is 0.219 e. The molecule has 0 saturated carbocycles. The smallest absolute Gasteiger partial charge is 0.219 e.